The van der Waals surface area contributed by atoms with Gasteiger partial charge >= 0.3 is 0 Å². The Kier molecular flexibility index (Phi) is 56.9. The molecule has 2 atom stereocenters. The second-order valence-corrected chi connectivity index (χ2v) is 3.39. The van der Waals surface area contributed by atoms with Gasteiger partial charge in [-0.15, -0.1) is 6.58 Å². The predicted molar refractivity (Wildman–Crippen MR) is 91.3 cm³/mol. The lowest BCUT2D eigenvalue weighted by atomic mass is 10.1. The van der Waals surface area contributed by atoms with Crippen molar-refractivity contribution < 1.29 is 15.0 Å². The van der Waals surface area contributed by atoms with Gasteiger partial charge in [0, 0.05) is 6.04 Å². The maximum absolute atomic E-state index is 8.97. The molecule has 20 heavy (non-hydrogen) atoms. The number of aliphatic hydroxyl groups excluding tert-OH is 1. The molecule has 0 bridgehead atoms. The van der Waals surface area contributed by atoms with Crippen LogP contribution in [0.15, 0.2) is 12.7 Å². The van der Waals surface area contributed by atoms with Gasteiger partial charge in [0.25, 0.3) is 6.47 Å². The van der Waals surface area contributed by atoms with Crippen LogP contribution in [0.4, 0.5) is 0 Å². The predicted octanol–water partition coefficient (Wildman–Crippen LogP) is 4.09. The molecule has 126 valence electrons. The van der Waals surface area contributed by atoms with E-state index in [4.69, 9.17) is 15.0 Å². The molecule has 1 fully saturated rings. The fraction of sp³-hybridized carbons (Fsp3) is 0.812. The Balaban J connectivity index is -0.0000000582. The van der Waals surface area contributed by atoms with Gasteiger partial charge in [-0.3, -0.25) is 4.79 Å². The van der Waals surface area contributed by atoms with Crippen LogP contribution < -0.4 is 5.32 Å². The highest BCUT2D eigenvalue weighted by Gasteiger charge is 2.14. The molecule has 0 amide bonds. The molecule has 4 heteroatoms. The number of hydrogen-bond donors (Lipinski definition) is 3. The monoisotopic (exact) mass is 293 g/mol. The van der Waals surface area contributed by atoms with E-state index in [0.717, 1.165) is 13.0 Å². The number of aliphatic hydroxyl groups is 1. The van der Waals surface area contributed by atoms with Crippen LogP contribution in [0.25, 0.3) is 0 Å². The molecule has 1 aliphatic heterocycles. The zero-order valence-electron chi connectivity index (χ0n) is 13.6. The third kappa shape index (κ3) is 43.4. The third-order valence-corrected chi connectivity index (χ3v) is 1.79. The van der Waals surface area contributed by atoms with Gasteiger partial charge in [-0.05, 0) is 39.7 Å². The van der Waals surface area contributed by atoms with E-state index in [9.17, 15) is 0 Å². The highest BCUT2D eigenvalue weighted by atomic mass is 16.3. The lowest BCUT2D eigenvalue weighted by molar-refractivity contribution is -0.122. The molecule has 0 aromatic rings. The molecular formula is C16H39NO3. The van der Waals surface area contributed by atoms with Gasteiger partial charge in [-0.25, -0.2) is 0 Å². The minimum Gasteiger partial charge on any atom is -0.483 e. The first-order valence-corrected chi connectivity index (χ1v) is 7.18. The summed E-state index contributed by atoms with van der Waals surface area (Å²) in [6.07, 6.45) is 5.04. The van der Waals surface area contributed by atoms with Crippen LogP contribution in [-0.2, 0) is 4.79 Å². The van der Waals surface area contributed by atoms with E-state index in [1.54, 1.807) is 6.08 Å². The summed E-state index contributed by atoms with van der Waals surface area (Å²) in [5, 5.41) is 19.2. The summed E-state index contributed by atoms with van der Waals surface area (Å²) >= 11 is 0. The van der Waals surface area contributed by atoms with E-state index in [1.807, 2.05) is 41.5 Å². The van der Waals surface area contributed by atoms with Crippen LogP contribution in [-0.4, -0.2) is 35.4 Å². The number of hydrogen-bond acceptors (Lipinski definition) is 3. The average molecular weight is 293 g/mol. The van der Waals surface area contributed by atoms with Gasteiger partial charge in [-0.2, -0.15) is 0 Å². The van der Waals surface area contributed by atoms with Crippen LogP contribution in [0.5, 0.6) is 0 Å². The average Bonchev–Trinajstić information content (AvgIpc) is 2.88. The van der Waals surface area contributed by atoms with Crippen LogP contribution in [0.1, 0.15) is 68.2 Å². The Hall–Kier alpha value is -0.870. The highest BCUT2D eigenvalue weighted by molar-refractivity contribution is 5.32. The van der Waals surface area contributed by atoms with Gasteiger partial charge in [0.15, 0.2) is 0 Å². The number of carbonyl (C=O) groups is 1. The van der Waals surface area contributed by atoms with E-state index in [0.29, 0.717) is 6.04 Å². The van der Waals surface area contributed by atoms with E-state index in [1.165, 1.54) is 12.8 Å². The van der Waals surface area contributed by atoms with Gasteiger partial charge in [-0.1, -0.05) is 41.2 Å². The fourth-order valence-electron chi connectivity index (χ4n) is 1.37. The van der Waals surface area contributed by atoms with Crippen LogP contribution in [0.3, 0.4) is 0 Å². The second kappa shape index (κ2) is 36.2. The van der Waals surface area contributed by atoms with Crippen LogP contribution in [0.2, 0.25) is 0 Å². The highest BCUT2D eigenvalue weighted by Crippen LogP contribution is 2.09. The first-order chi connectivity index (χ1) is 9.12. The molecule has 0 aromatic heterocycles. The molecule has 3 N–H and O–H groups in total. The molecule has 0 saturated carbocycles. The molecule has 1 aliphatic rings. The number of nitrogens with one attached hydrogen (secondary N) is 1. The van der Waals surface area contributed by atoms with E-state index in [2.05, 4.69) is 11.9 Å². The summed E-state index contributed by atoms with van der Waals surface area (Å²) in [5.41, 5.74) is 0. The third-order valence-electron chi connectivity index (χ3n) is 1.79. The smallest absolute Gasteiger partial charge is 0.290 e. The first-order valence-electron chi connectivity index (χ1n) is 7.18. The van der Waals surface area contributed by atoms with Crippen molar-refractivity contribution in [3.63, 3.8) is 0 Å². The number of allylic oxidation sites excluding steroid dienone is 1. The van der Waals surface area contributed by atoms with Crippen molar-refractivity contribution in [2.24, 2.45) is 0 Å². The molecule has 0 aromatic carbocycles. The van der Waals surface area contributed by atoms with E-state index in [-0.39, 0.29) is 20.0 Å². The van der Waals surface area contributed by atoms with Crippen molar-refractivity contribution in [2.75, 3.05) is 6.54 Å². The summed E-state index contributed by atoms with van der Waals surface area (Å²) < 4.78 is 0. The Labute approximate surface area is 127 Å². The van der Waals surface area contributed by atoms with Crippen molar-refractivity contribution >= 4 is 6.47 Å². The molecule has 0 radical (unpaired) electrons. The molecule has 1 heterocycles. The topological polar surface area (TPSA) is 69.6 Å². The summed E-state index contributed by atoms with van der Waals surface area (Å²) in [5.74, 6) is 0. The van der Waals surface area contributed by atoms with Crippen molar-refractivity contribution in [2.45, 2.75) is 80.4 Å². The Morgan fingerprint density at radius 2 is 1.70 bits per heavy atom. The molecule has 4 nitrogen and oxygen atoms in total. The zero-order chi connectivity index (χ0) is 16.1. The van der Waals surface area contributed by atoms with Gasteiger partial charge < -0.3 is 15.5 Å². The van der Waals surface area contributed by atoms with Crippen molar-refractivity contribution in [3.05, 3.63) is 12.7 Å². The summed E-state index contributed by atoms with van der Waals surface area (Å²) in [4.78, 5) is 8.36. The standard InChI is InChI=1S/C7H15NO.C3H6.2C2H6.CH2O2.CH4/c1-6(9)5-7-3-2-4-8-7;1-3-2;2*1-2;2-1-3;/h6-9H,2-5H2,1H3;3H,1H2,2H3;2*1-2H3;1H,(H,2,3);1H4. The van der Waals surface area contributed by atoms with Crippen molar-refractivity contribution in [1.29, 1.82) is 0 Å². The van der Waals surface area contributed by atoms with Gasteiger partial charge in [0.2, 0.25) is 0 Å². The quantitative estimate of drug-likeness (QED) is 0.530. The summed E-state index contributed by atoms with van der Waals surface area (Å²) in [7, 11) is 0. The molecule has 2 unspecified atom stereocenters. The van der Waals surface area contributed by atoms with Gasteiger partial charge in [0.05, 0.1) is 6.10 Å². The molecule has 1 rings (SSSR count). The lowest BCUT2D eigenvalue weighted by Crippen LogP contribution is -2.25. The van der Waals surface area contributed by atoms with Crippen LogP contribution >= 0.6 is 0 Å². The Morgan fingerprint density at radius 3 is 1.90 bits per heavy atom. The lowest BCUT2D eigenvalue weighted by Gasteiger charge is -2.10. The molecule has 1 saturated heterocycles. The Bertz CT molecular complexity index is 139. The molecule has 0 spiro atoms. The summed E-state index contributed by atoms with van der Waals surface area (Å²) in [6.45, 7) is 16.0. The SMILES string of the molecule is C.C=CC.CC.CC.CC(O)CC1CCCN1.O=CO. The zero-order valence-corrected chi connectivity index (χ0v) is 13.6. The molecular weight excluding hydrogens is 254 g/mol. The normalized spacial score (nSPS) is 15.7. The van der Waals surface area contributed by atoms with E-state index < -0.39 is 0 Å². The minimum absolute atomic E-state index is 0. The molecule has 0 aliphatic carbocycles. The minimum atomic E-state index is -0.250. The summed E-state index contributed by atoms with van der Waals surface area (Å²) in [6, 6.07) is 0.588. The van der Waals surface area contributed by atoms with Crippen molar-refractivity contribution in [1.82, 2.24) is 5.32 Å². The second-order valence-electron chi connectivity index (χ2n) is 3.39. The first kappa shape index (κ1) is 31.5. The van der Waals surface area contributed by atoms with Gasteiger partial charge in [0.1, 0.15) is 0 Å². The van der Waals surface area contributed by atoms with E-state index >= 15 is 0 Å². The Morgan fingerprint density at radius 1 is 1.35 bits per heavy atom. The maximum Gasteiger partial charge on any atom is 0.290 e. The van der Waals surface area contributed by atoms with Crippen molar-refractivity contribution in [3.8, 4) is 0 Å². The fourth-order valence-corrected chi connectivity index (χ4v) is 1.37. The van der Waals surface area contributed by atoms with Crippen LogP contribution in [0, 0.1) is 0 Å². The number of rotatable bonds is 2. The maximum atomic E-state index is 8.97. The number of carboxylic acid groups (broad SMARTS) is 1. The largest absolute Gasteiger partial charge is 0.483 e.